The molecule has 2 heterocycles. The SMILES string of the molecule is COC1CCN(Cc2ccc(C(=O)O)o2)CC1. The molecule has 5 heteroatoms. The van der Waals surface area contributed by atoms with E-state index < -0.39 is 5.97 Å². The van der Waals surface area contributed by atoms with E-state index in [0.717, 1.165) is 25.9 Å². The number of rotatable bonds is 4. The molecular formula is C12H17NO4. The first-order valence-electron chi connectivity index (χ1n) is 5.76. The van der Waals surface area contributed by atoms with Gasteiger partial charge in [-0.25, -0.2) is 4.79 Å². The minimum absolute atomic E-state index is 0.00628. The van der Waals surface area contributed by atoms with Gasteiger partial charge in [0.2, 0.25) is 5.76 Å². The topological polar surface area (TPSA) is 62.9 Å². The summed E-state index contributed by atoms with van der Waals surface area (Å²) in [7, 11) is 1.74. The molecule has 0 saturated carbocycles. The predicted octanol–water partition coefficient (Wildman–Crippen LogP) is 1.59. The van der Waals surface area contributed by atoms with Crippen molar-refractivity contribution >= 4 is 5.97 Å². The van der Waals surface area contributed by atoms with Crippen LogP contribution < -0.4 is 0 Å². The van der Waals surface area contributed by atoms with E-state index in [4.69, 9.17) is 14.3 Å². The van der Waals surface area contributed by atoms with Crippen LogP contribution >= 0.6 is 0 Å². The highest BCUT2D eigenvalue weighted by Crippen LogP contribution is 2.17. The van der Waals surface area contributed by atoms with Crippen LogP contribution in [-0.2, 0) is 11.3 Å². The molecule has 1 aliphatic rings. The summed E-state index contributed by atoms with van der Waals surface area (Å²) in [6.45, 7) is 2.59. The Kier molecular flexibility index (Phi) is 3.81. The monoisotopic (exact) mass is 239 g/mol. The first-order chi connectivity index (χ1) is 8.19. The Balaban J connectivity index is 1.86. The molecule has 0 atom stereocenters. The number of methoxy groups -OCH3 is 1. The van der Waals surface area contributed by atoms with Gasteiger partial charge in [-0.1, -0.05) is 0 Å². The quantitative estimate of drug-likeness (QED) is 0.864. The fraction of sp³-hybridized carbons (Fsp3) is 0.583. The molecule has 5 nitrogen and oxygen atoms in total. The zero-order valence-electron chi connectivity index (χ0n) is 9.89. The number of piperidine rings is 1. The number of nitrogens with zero attached hydrogens (tertiary/aromatic N) is 1. The van der Waals surface area contributed by atoms with Gasteiger partial charge in [-0.15, -0.1) is 0 Å². The maximum atomic E-state index is 10.7. The van der Waals surface area contributed by atoms with Crippen LogP contribution in [0.1, 0.15) is 29.2 Å². The fourth-order valence-electron chi connectivity index (χ4n) is 2.10. The van der Waals surface area contributed by atoms with E-state index in [1.54, 1.807) is 13.2 Å². The van der Waals surface area contributed by atoms with Crippen LogP contribution in [0.15, 0.2) is 16.5 Å². The van der Waals surface area contributed by atoms with Crippen molar-refractivity contribution in [2.24, 2.45) is 0 Å². The Bertz CT molecular complexity index is 380. The second-order valence-electron chi connectivity index (χ2n) is 4.28. The third kappa shape index (κ3) is 3.08. The van der Waals surface area contributed by atoms with Crippen LogP contribution in [0.3, 0.4) is 0 Å². The molecule has 94 valence electrons. The molecule has 0 aromatic carbocycles. The number of hydrogen-bond donors (Lipinski definition) is 1. The van der Waals surface area contributed by atoms with Crippen LogP contribution in [0, 0.1) is 0 Å². The highest BCUT2D eigenvalue weighted by atomic mass is 16.5. The number of carboxylic acids is 1. The van der Waals surface area contributed by atoms with Crippen LogP contribution in [0.5, 0.6) is 0 Å². The van der Waals surface area contributed by atoms with Gasteiger partial charge in [-0.2, -0.15) is 0 Å². The number of aromatic carboxylic acids is 1. The van der Waals surface area contributed by atoms with Crippen molar-refractivity contribution in [3.8, 4) is 0 Å². The Morgan fingerprint density at radius 2 is 2.24 bits per heavy atom. The number of hydrogen-bond acceptors (Lipinski definition) is 4. The first-order valence-corrected chi connectivity index (χ1v) is 5.76. The summed E-state index contributed by atoms with van der Waals surface area (Å²) in [5.41, 5.74) is 0. The second kappa shape index (κ2) is 5.33. The molecule has 1 aromatic heterocycles. The van der Waals surface area contributed by atoms with Crippen molar-refractivity contribution in [1.82, 2.24) is 4.90 Å². The van der Waals surface area contributed by atoms with Crippen LogP contribution in [0.2, 0.25) is 0 Å². The standard InChI is InChI=1S/C12H17NO4/c1-16-9-4-6-13(7-5-9)8-10-2-3-11(17-10)12(14)15/h2-3,9H,4-8H2,1H3,(H,14,15). The molecule has 0 unspecified atom stereocenters. The lowest BCUT2D eigenvalue weighted by molar-refractivity contribution is 0.0367. The van der Waals surface area contributed by atoms with Crippen LogP contribution in [-0.4, -0.2) is 42.3 Å². The first kappa shape index (κ1) is 12.1. The molecule has 0 spiro atoms. The van der Waals surface area contributed by atoms with Gasteiger partial charge in [-0.3, -0.25) is 4.90 Å². The average molecular weight is 239 g/mol. The Morgan fingerprint density at radius 1 is 1.53 bits per heavy atom. The van der Waals surface area contributed by atoms with Crippen molar-refractivity contribution < 1.29 is 19.1 Å². The molecule has 1 fully saturated rings. The van der Waals surface area contributed by atoms with E-state index in [1.807, 2.05) is 0 Å². The smallest absolute Gasteiger partial charge is 0.371 e. The van der Waals surface area contributed by atoms with Crippen LogP contribution in [0.25, 0.3) is 0 Å². The Hall–Kier alpha value is -1.33. The molecule has 1 aliphatic heterocycles. The van der Waals surface area contributed by atoms with Gasteiger partial charge in [0.25, 0.3) is 0 Å². The largest absolute Gasteiger partial charge is 0.475 e. The summed E-state index contributed by atoms with van der Waals surface area (Å²) < 4.78 is 10.5. The Labute approximate surface area is 100.0 Å². The van der Waals surface area contributed by atoms with Gasteiger partial charge in [-0.05, 0) is 25.0 Å². The van der Waals surface area contributed by atoms with E-state index in [0.29, 0.717) is 18.4 Å². The molecule has 17 heavy (non-hydrogen) atoms. The maximum Gasteiger partial charge on any atom is 0.371 e. The molecular weight excluding hydrogens is 222 g/mol. The molecule has 0 amide bonds. The minimum atomic E-state index is -1.02. The van der Waals surface area contributed by atoms with Crippen molar-refractivity contribution in [3.63, 3.8) is 0 Å². The number of carboxylic acid groups (broad SMARTS) is 1. The normalized spacial score (nSPS) is 18.4. The van der Waals surface area contributed by atoms with Gasteiger partial charge >= 0.3 is 5.97 Å². The van der Waals surface area contributed by atoms with E-state index >= 15 is 0 Å². The van der Waals surface area contributed by atoms with Crippen molar-refractivity contribution in [1.29, 1.82) is 0 Å². The highest BCUT2D eigenvalue weighted by molar-refractivity contribution is 5.84. The molecule has 0 bridgehead atoms. The molecule has 0 radical (unpaired) electrons. The fourth-order valence-corrected chi connectivity index (χ4v) is 2.10. The summed E-state index contributed by atoms with van der Waals surface area (Å²) in [4.78, 5) is 12.9. The molecule has 0 aliphatic carbocycles. The van der Waals surface area contributed by atoms with Gasteiger partial charge in [0.15, 0.2) is 0 Å². The third-order valence-corrected chi connectivity index (χ3v) is 3.12. The summed E-state index contributed by atoms with van der Waals surface area (Å²) in [6.07, 6.45) is 2.39. The highest BCUT2D eigenvalue weighted by Gasteiger charge is 2.20. The molecule has 1 aromatic rings. The zero-order chi connectivity index (χ0) is 12.3. The number of ether oxygens (including phenoxy) is 1. The van der Waals surface area contributed by atoms with E-state index in [1.165, 1.54) is 6.07 Å². The van der Waals surface area contributed by atoms with Crippen molar-refractivity contribution in [2.45, 2.75) is 25.5 Å². The number of furan rings is 1. The van der Waals surface area contributed by atoms with Crippen molar-refractivity contribution in [2.75, 3.05) is 20.2 Å². The second-order valence-corrected chi connectivity index (χ2v) is 4.28. The zero-order valence-corrected chi connectivity index (χ0v) is 9.89. The maximum absolute atomic E-state index is 10.7. The Morgan fingerprint density at radius 3 is 2.76 bits per heavy atom. The number of carbonyl (C=O) groups is 1. The van der Waals surface area contributed by atoms with Gasteiger partial charge in [0.1, 0.15) is 5.76 Å². The molecule has 1 saturated heterocycles. The van der Waals surface area contributed by atoms with E-state index in [2.05, 4.69) is 4.90 Å². The summed E-state index contributed by atoms with van der Waals surface area (Å²) in [5.74, 6) is -0.306. The number of likely N-dealkylation sites (tertiary alicyclic amines) is 1. The van der Waals surface area contributed by atoms with Crippen LogP contribution in [0.4, 0.5) is 0 Å². The lowest BCUT2D eigenvalue weighted by atomic mass is 10.1. The van der Waals surface area contributed by atoms with Crippen molar-refractivity contribution in [3.05, 3.63) is 23.7 Å². The van der Waals surface area contributed by atoms with E-state index in [9.17, 15) is 4.79 Å². The van der Waals surface area contributed by atoms with Gasteiger partial charge < -0.3 is 14.3 Å². The summed E-state index contributed by atoms with van der Waals surface area (Å²) in [6, 6.07) is 3.23. The van der Waals surface area contributed by atoms with E-state index in [-0.39, 0.29) is 5.76 Å². The molecule has 2 rings (SSSR count). The van der Waals surface area contributed by atoms with Gasteiger partial charge in [0.05, 0.1) is 12.6 Å². The lowest BCUT2D eigenvalue weighted by Crippen LogP contribution is -2.36. The lowest BCUT2D eigenvalue weighted by Gasteiger charge is -2.30. The third-order valence-electron chi connectivity index (χ3n) is 3.12. The summed E-state index contributed by atoms with van der Waals surface area (Å²) >= 11 is 0. The van der Waals surface area contributed by atoms with Gasteiger partial charge in [0, 0.05) is 20.2 Å². The minimum Gasteiger partial charge on any atom is -0.475 e. The summed E-state index contributed by atoms with van der Waals surface area (Å²) in [5, 5.41) is 8.75. The average Bonchev–Trinajstić information content (AvgIpc) is 2.79. The molecule has 1 N–H and O–H groups in total. The predicted molar refractivity (Wildman–Crippen MR) is 61.0 cm³/mol.